The smallest absolute Gasteiger partial charge is 0.345 e. The molecule has 2 aromatic rings. The van der Waals surface area contributed by atoms with Crippen LogP contribution in [-0.2, 0) is 14.3 Å². The molecule has 1 aromatic heterocycles. The van der Waals surface area contributed by atoms with E-state index in [1.165, 1.54) is 7.11 Å². The fourth-order valence-electron chi connectivity index (χ4n) is 2.20. The molecule has 1 N–H and O–H groups in total. The highest BCUT2D eigenvalue weighted by atomic mass is 35.5. The van der Waals surface area contributed by atoms with Gasteiger partial charge in [-0.1, -0.05) is 49.6 Å². The lowest BCUT2D eigenvalue weighted by Crippen LogP contribution is -2.42. The topological polar surface area (TPSA) is 122 Å². The molecule has 0 saturated heterocycles. The summed E-state index contributed by atoms with van der Waals surface area (Å²) in [4.78, 5) is 36.0. The number of benzene rings is 1. The number of esters is 1. The number of carbonyl (C=O) groups excluding carboxylic acids is 2. The minimum absolute atomic E-state index is 0.0645. The Morgan fingerprint density at radius 2 is 1.96 bits per heavy atom. The van der Waals surface area contributed by atoms with Crippen molar-refractivity contribution in [3.05, 3.63) is 50.5 Å². The molecule has 1 amide bonds. The number of nitrogens with zero attached hydrogens (tertiary/aromatic N) is 2. The second-order valence-corrected chi connectivity index (χ2v) is 6.22. The molecule has 150 valence electrons. The fraction of sp³-hybridized carbons (Fsp3) is 0.333. The quantitative estimate of drug-likeness (QED) is 0.328. The number of nitrogens with one attached hydrogen (secondary N) is 1. The molecule has 28 heavy (non-hydrogen) atoms. The molecule has 0 bridgehead atoms. The Labute approximate surface area is 171 Å². The summed E-state index contributed by atoms with van der Waals surface area (Å²) in [6.45, 7) is 1.98. The van der Waals surface area contributed by atoms with Crippen molar-refractivity contribution in [1.29, 1.82) is 0 Å². The Morgan fingerprint density at radius 3 is 2.54 bits per heavy atom. The van der Waals surface area contributed by atoms with Crippen molar-refractivity contribution in [3.63, 3.8) is 0 Å². The van der Waals surface area contributed by atoms with Crippen molar-refractivity contribution >= 4 is 52.1 Å². The van der Waals surface area contributed by atoms with Crippen LogP contribution in [0.25, 0.3) is 16.3 Å². The van der Waals surface area contributed by atoms with Crippen LogP contribution < -0.4 is 10.9 Å². The summed E-state index contributed by atoms with van der Waals surface area (Å²) in [6.07, 6.45) is 2.92. The predicted octanol–water partition coefficient (Wildman–Crippen LogP) is 3.23. The van der Waals surface area contributed by atoms with Gasteiger partial charge in [0.25, 0.3) is 0 Å². The zero-order valence-electron chi connectivity index (χ0n) is 15.3. The standard InChI is InChI=1S/C9H4Cl2O2.C9H15N3O3/c10-7-5-3-1-2-4-6(5)9(12)13-8(7)11;1-3-4-5-7(9(14)15-2)12-8(13)6-11-10/h1-4H;6-7H,3-5H2,1-2H3,(H,12,13). The average Bonchev–Trinajstić information content (AvgIpc) is 2.69. The lowest BCUT2D eigenvalue weighted by atomic mass is 10.1. The minimum Gasteiger partial charge on any atom is -0.467 e. The first-order valence-corrected chi connectivity index (χ1v) is 9.03. The molecule has 1 atom stereocenters. The van der Waals surface area contributed by atoms with Gasteiger partial charge in [-0.3, -0.25) is 4.79 Å². The molecule has 0 aliphatic carbocycles. The summed E-state index contributed by atoms with van der Waals surface area (Å²) in [5.41, 5.74) is 7.65. The van der Waals surface area contributed by atoms with Gasteiger partial charge in [0.05, 0.1) is 12.5 Å². The number of amides is 1. The second-order valence-electron chi connectivity index (χ2n) is 5.49. The van der Waals surface area contributed by atoms with Gasteiger partial charge in [0, 0.05) is 5.39 Å². The summed E-state index contributed by atoms with van der Waals surface area (Å²) in [5.74, 6) is -1.12. The molecule has 0 fully saturated rings. The van der Waals surface area contributed by atoms with Crippen molar-refractivity contribution in [3.8, 4) is 0 Å². The third-order valence-corrected chi connectivity index (χ3v) is 4.30. The van der Waals surface area contributed by atoms with Crippen LogP contribution in [0.1, 0.15) is 26.2 Å². The highest BCUT2D eigenvalue weighted by Crippen LogP contribution is 2.27. The SMILES string of the molecule is CCCCC(NC(=O)C=[N+]=[N-])C(=O)OC.O=c1oc(Cl)c(Cl)c2ccccc12. The molecule has 2 rings (SSSR count). The molecule has 0 saturated carbocycles. The number of methoxy groups -OCH3 is 1. The van der Waals surface area contributed by atoms with E-state index in [1.54, 1.807) is 24.3 Å². The van der Waals surface area contributed by atoms with Crippen LogP contribution in [0.3, 0.4) is 0 Å². The van der Waals surface area contributed by atoms with Crippen LogP contribution in [0.15, 0.2) is 33.5 Å². The molecule has 1 unspecified atom stereocenters. The molecule has 10 heteroatoms. The van der Waals surface area contributed by atoms with E-state index >= 15 is 0 Å². The van der Waals surface area contributed by atoms with Gasteiger partial charge in [-0.15, -0.1) is 0 Å². The first kappa shape index (κ1) is 23.4. The molecule has 1 aromatic carbocycles. The van der Waals surface area contributed by atoms with Gasteiger partial charge in [-0.05, 0) is 24.1 Å². The first-order valence-electron chi connectivity index (χ1n) is 8.28. The van der Waals surface area contributed by atoms with Crippen LogP contribution >= 0.6 is 23.2 Å². The maximum atomic E-state index is 11.2. The van der Waals surface area contributed by atoms with Crippen LogP contribution in [0.2, 0.25) is 10.2 Å². The van der Waals surface area contributed by atoms with Gasteiger partial charge in [0.1, 0.15) is 11.1 Å². The largest absolute Gasteiger partial charge is 0.467 e. The lowest BCUT2D eigenvalue weighted by Gasteiger charge is -2.13. The number of hydrogen-bond donors (Lipinski definition) is 1. The van der Waals surface area contributed by atoms with Crippen molar-refractivity contribution in [2.24, 2.45) is 0 Å². The van der Waals surface area contributed by atoms with Crippen LogP contribution in [0.4, 0.5) is 0 Å². The van der Waals surface area contributed by atoms with Crippen molar-refractivity contribution in [2.75, 3.05) is 7.11 Å². The number of hydrogen-bond acceptors (Lipinski definition) is 5. The number of ether oxygens (including phenoxy) is 1. The summed E-state index contributed by atoms with van der Waals surface area (Å²) in [6, 6.07) is 6.21. The lowest BCUT2D eigenvalue weighted by molar-refractivity contribution is -0.144. The zero-order chi connectivity index (χ0) is 21.1. The number of fused-ring (bicyclic) bond motifs is 1. The highest BCUT2D eigenvalue weighted by molar-refractivity contribution is 6.44. The van der Waals surface area contributed by atoms with E-state index in [4.69, 9.17) is 33.2 Å². The Hall–Kier alpha value is -2.67. The molecule has 0 radical (unpaired) electrons. The van der Waals surface area contributed by atoms with Crippen LogP contribution in [-0.4, -0.2) is 36.0 Å². The third kappa shape index (κ3) is 6.81. The Kier molecular flexibility index (Phi) is 9.95. The van der Waals surface area contributed by atoms with Gasteiger partial charge in [-0.25, -0.2) is 9.59 Å². The third-order valence-electron chi connectivity index (χ3n) is 3.56. The number of rotatable bonds is 6. The van der Waals surface area contributed by atoms with Gasteiger partial charge in [0.15, 0.2) is 0 Å². The van der Waals surface area contributed by atoms with Crippen molar-refractivity contribution in [2.45, 2.75) is 32.2 Å². The zero-order valence-corrected chi connectivity index (χ0v) is 16.8. The van der Waals surface area contributed by atoms with Gasteiger partial charge >= 0.3 is 23.7 Å². The number of halogens is 2. The molecule has 1 heterocycles. The molecular weight excluding hydrogens is 409 g/mol. The molecule has 0 aliphatic rings. The second kappa shape index (κ2) is 11.9. The summed E-state index contributed by atoms with van der Waals surface area (Å²) in [7, 11) is 1.26. The highest BCUT2D eigenvalue weighted by Gasteiger charge is 2.21. The maximum Gasteiger partial charge on any atom is 0.345 e. The molecule has 8 nitrogen and oxygen atoms in total. The van der Waals surface area contributed by atoms with Gasteiger partial charge in [0.2, 0.25) is 5.22 Å². The normalized spacial score (nSPS) is 10.9. The summed E-state index contributed by atoms with van der Waals surface area (Å²) < 4.78 is 9.23. The van der Waals surface area contributed by atoms with E-state index in [2.05, 4.69) is 14.8 Å². The fourth-order valence-corrected chi connectivity index (χ4v) is 2.58. The minimum atomic E-state index is -0.680. The van der Waals surface area contributed by atoms with Crippen molar-refractivity contribution in [1.82, 2.24) is 5.32 Å². The van der Waals surface area contributed by atoms with E-state index in [-0.39, 0.29) is 10.2 Å². The molecular formula is C18H19Cl2N3O5. The first-order chi connectivity index (χ1) is 13.3. The monoisotopic (exact) mass is 427 g/mol. The maximum absolute atomic E-state index is 11.2. The van der Waals surface area contributed by atoms with Gasteiger partial charge in [-0.2, -0.15) is 4.79 Å². The predicted molar refractivity (Wildman–Crippen MR) is 106 cm³/mol. The Morgan fingerprint density at radius 1 is 1.32 bits per heavy atom. The van der Waals surface area contributed by atoms with E-state index in [1.807, 2.05) is 6.92 Å². The summed E-state index contributed by atoms with van der Waals surface area (Å²) >= 11 is 11.4. The van der Waals surface area contributed by atoms with Crippen LogP contribution in [0, 0.1) is 0 Å². The number of unbranched alkanes of at least 4 members (excludes halogenated alkanes) is 1. The van der Waals surface area contributed by atoms with E-state index in [0.717, 1.165) is 12.8 Å². The van der Waals surface area contributed by atoms with Crippen molar-refractivity contribution < 1.29 is 23.5 Å². The van der Waals surface area contributed by atoms with E-state index in [0.29, 0.717) is 23.4 Å². The number of carbonyl (C=O) groups is 2. The van der Waals surface area contributed by atoms with E-state index in [9.17, 15) is 14.4 Å². The average molecular weight is 428 g/mol. The molecule has 0 aliphatic heterocycles. The van der Waals surface area contributed by atoms with Crippen LogP contribution in [0.5, 0.6) is 0 Å². The summed E-state index contributed by atoms with van der Waals surface area (Å²) in [5, 5.41) is 3.65. The Balaban J connectivity index is 0.000000281. The van der Waals surface area contributed by atoms with E-state index < -0.39 is 23.5 Å². The van der Waals surface area contributed by atoms with Gasteiger partial charge < -0.3 is 20.0 Å². The Bertz CT molecular complexity index is 938. The molecule has 0 spiro atoms.